The Kier molecular flexibility index (Phi) is 1.91. The Morgan fingerprint density at radius 1 is 1.45 bits per heavy atom. The second kappa shape index (κ2) is 2.90. The standard InChI is InChI=1S/C10H12S/c1-8-4-2-3-5-9(8)6-10-7-11-10/h2-5,10H,6-7H2,1H3. The second-order valence-electron chi connectivity index (χ2n) is 3.09. The highest BCUT2D eigenvalue weighted by Crippen LogP contribution is 2.33. The van der Waals surface area contributed by atoms with Crippen molar-refractivity contribution in [3.8, 4) is 0 Å². The summed E-state index contributed by atoms with van der Waals surface area (Å²) in [5, 5.41) is 0.927. The van der Waals surface area contributed by atoms with E-state index in [0.717, 1.165) is 5.25 Å². The lowest BCUT2D eigenvalue weighted by Crippen LogP contribution is -1.93. The molecule has 0 aliphatic carbocycles. The maximum Gasteiger partial charge on any atom is 0.0179 e. The number of hydrogen-bond acceptors (Lipinski definition) is 1. The molecule has 1 aliphatic rings. The topological polar surface area (TPSA) is 0 Å². The van der Waals surface area contributed by atoms with Gasteiger partial charge in [-0.05, 0) is 24.5 Å². The predicted molar refractivity (Wildman–Crippen MR) is 51.1 cm³/mol. The fourth-order valence-electron chi connectivity index (χ4n) is 1.27. The molecule has 1 heteroatoms. The quantitative estimate of drug-likeness (QED) is 0.605. The Morgan fingerprint density at radius 2 is 2.18 bits per heavy atom. The summed E-state index contributed by atoms with van der Waals surface area (Å²) < 4.78 is 0. The lowest BCUT2D eigenvalue weighted by molar-refractivity contribution is 1.01. The SMILES string of the molecule is Cc1ccccc1CC1CS1. The summed E-state index contributed by atoms with van der Waals surface area (Å²) in [7, 11) is 0. The molecule has 0 nitrogen and oxygen atoms in total. The van der Waals surface area contributed by atoms with E-state index < -0.39 is 0 Å². The molecule has 0 aromatic heterocycles. The molecular weight excluding hydrogens is 152 g/mol. The molecule has 1 aliphatic heterocycles. The fraction of sp³-hybridized carbons (Fsp3) is 0.400. The van der Waals surface area contributed by atoms with Gasteiger partial charge in [-0.2, -0.15) is 11.8 Å². The van der Waals surface area contributed by atoms with Crippen LogP contribution in [0.1, 0.15) is 11.1 Å². The molecule has 0 radical (unpaired) electrons. The van der Waals surface area contributed by atoms with Crippen molar-refractivity contribution in [2.75, 3.05) is 5.75 Å². The van der Waals surface area contributed by atoms with Crippen molar-refractivity contribution in [3.05, 3.63) is 35.4 Å². The average molecular weight is 164 g/mol. The second-order valence-corrected chi connectivity index (χ2v) is 4.42. The predicted octanol–water partition coefficient (Wildman–Crippen LogP) is 2.65. The first kappa shape index (κ1) is 7.23. The Morgan fingerprint density at radius 3 is 2.82 bits per heavy atom. The first-order valence-corrected chi connectivity index (χ1v) is 5.07. The summed E-state index contributed by atoms with van der Waals surface area (Å²) in [6.45, 7) is 2.20. The minimum Gasteiger partial charge on any atom is -0.156 e. The number of hydrogen-bond donors (Lipinski definition) is 0. The van der Waals surface area contributed by atoms with Crippen molar-refractivity contribution in [1.82, 2.24) is 0 Å². The third-order valence-electron chi connectivity index (χ3n) is 2.11. The summed E-state index contributed by atoms with van der Waals surface area (Å²) in [6, 6.07) is 8.69. The highest BCUT2D eigenvalue weighted by atomic mass is 32.2. The van der Waals surface area contributed by atoms with Crippen LogP contribution in [0.2, 0.25) is 0 Å². The molecule has 2 rings (SSSR count). The van der Waals surface area contributed by atoms with Crippen molar-refractivity contribution in [2.24, 2.45) is 0 Å². The molecule has 1 unspecified atom stereocenters. The first-order chi connectivity index (χ1) is 5.36. The van der Waals surface area contributed by atoms with E-state index in [2.05, 4.69) is 43.0 Å². The Bertz CT molecular complexity index is 251. The van der Waals surface area contributed by atoms with Crippen LogP contribution >= 0.6 is 11.8 Å². The minimum atomic E-state index is 0.927. The van der Waals surface area contributed by atoms with Gasteiger partial charge < -0.3 is 0 Å². The Labute approximate surface area is 72.0 Å². The van der Waals surface area contributed by atoms with Gasteiger partial charge in [0, 0.05) is 11.0 Å². The molecule has 0 saturated carbocycles. The fourth-order valence-corrected chi connectivity index (χ4v) is 1.82. The van der Waals surface area contributed by atoms with Crippen LogP contribution in [-0.2, 0) is 6.42 Å². The van der Waals surface area contributed by atoms with Crippen molar-refractivity contribution in [3.63, 3.8) is 0 Å². The molecule has 0 spiro atoms. The molecule has 1 aromatic carbocycles. The Balaban J connectivity index is 2.15. The van der Waals surface area contributed by atoms with Crippen LogP contribution in [-0.4, -0.2) is 11.0 Å². The largest absolute Gasteiger partial charge is 0.156 e. The molecule has 1 heterocycles. The van der Waals surface area contributed by atoms with Crippen LogP contribution in [0.4, 0.5) is 0 Å². The van der Waals surface area contributed by atoms with E-state index in [-0.39, 0.29) is 0 Å². The van der Waals surface area contributed by atoms with Crippen LogP contribution in [0.5, 0.6) is 0 Å². The minimum absolute atomic E-state index is 0.927. The normalized spacial score (nSPS) is 21.7. The summed E-state index contributed by atoms with van der Waals surface area (Å²) in [5.74, 6) is 1.37. The molecule has 58 valence electrons. The van der Waals surface area contributed by atoms with Gasteiger partial charge in [-0.25, -0.2) is 0 Å². The van der Waals surface area contributed by atoms with Gasteiger partial charge in [-0.1, -0.05) is 24.3 Å². The number of benzene rings is 1. The summed E-state index contributed by atoms with van der Waals surface area (Å²) in [5.41, 5.74) is 2.97. The van der Waals surface area contributed by atoms with Crippen LogP contribution in [0.15, 0.2) is 24.3 Å². The molecule has 11 heavy (non-hydrogen) atoms. The first-order valence-electron chi connectivity index (χ1n) is 4.02. The van der Waals surface area contributed by atoms with E-state index in [0.29, 0.717) is 0 Å². The number of thioether (sulfide) groups is 1. The van der Waals surface area contributed by atoms with Crippen molar-refractivity contribution >= 4 is 11.8 Å². The number of rotatable bonds is 2. The van der Waals surface area contributed by atoms with E-state index in [9.17, 15) is 0 Å². The summed E-state index contributed by atoms with van der Waals surface area (Å²) >= 11 is 2.07. The van der Waals surface area contributed by atoms with Crippen LogP contribution in [0.25, 0.3) is 0 Å². The summed E-state index contributed by atoms with van der Waals surface area (Å²) in [6.07, 6.45) is 1.28. The van der Waals surface area contributed by atoms with Crippen LogP contribution < -0.4 is 0 Å². The monoisotopic (exact) mass is 164 g/mol. The van der Waals surface area contributed by atoms with Crippen LogP contribution in [0.3, 0.4) is 0 Å². The third kappa shape index (κ3) is 1.78. The molecule has 1 aromatic rings. The maximum atomic E-state index is 2.24. The molecule has 0 amide bonds. The van der Waals surface area contributed by atoms with Gasteiger partial charge in [-0.3, -0.25) is 0 Å². The molecule has 0 bridgehead atoms. The molecule has 1 fully saturated rings. The lowest BCUT2D eigenvalue weighted by atomic mass is 10.1. The van der Waals surface area contributed by atoms with Crippen molar-refractivity contribution < 1.29 is 0 Å². The van der Waals surface area contributed by atoms with E-state index in [1.165, 1.54) is 23.3 Å². The van der Waals surface area contributed by atoms with E-state index >= 15 is 0 Å². The van der Waals surface area contributed by atoms with Gasteiger partial charge in [0.2, 0.25) is 0 Å². The van der Waals surface area contributed by atoms with Gasteiger partial charge in [0.25, 0.3) is 0 Å². The Hall–Kier alpha value is -0.430. The highest BCUT2D eigenvalue weighted by molar-refractivity contribution is 8.06. The smallest absolute Gasteiger partial charge is 0.0179 e. The van der Waals surface area contributed by atoms with Gasteiger partial charge in [0.15, 0.2) is 0 Å². The highest BCUT2D eigenvalue weighted by Gasteiger charge is 2.22. The van der Waals surface area contributed by atoms with Gasteiger partial charge >= 0.3 is 0 Å². The maximum absolute atomic E-state index is 2.24. The molecular formula is C10H12S. The lowest BCUT2D eigenvalue weighted by Gasteiger charge is -2.01. The van der Waals surface area contributed by atoms with E-state index in [4.69, 9.17) is 0 Å². The zero-order valence-corrected chi connectivity index (χ0v) is 7.53. The van der Waals surface area contributed by atoms with Gasteiger partial charge in [0.1, 0.15) is 0 Å². The molecule has 1 saturated heterocycles. The van der Waals surface area contributed by atoms with Crippen LogP contribution in [0, 0.1) is 6.92 Å². The van der Waals surface area contributed by atoms with E-state index in [1.807, 2.05) is 0 Å². The third-order valence-corrected chi connectivity index (χ3v) is 3.08. The van der Waals surface area contributed by atoms with Gasteiger partial charge in [-0.15, -0.1) is 0 Å². The summed E-state index contributed by atoms with van der Waals surface area (Å²) in [4.78, 5) is 0. The zero-order chi connectivity index (χ0) is 7.68. The molecule has 1 atom stereocenters. The van der Waals surface area contributed by atoms with Gasteiger partial charge in [0.05, 0.1) is 0 Å². The molecule has 0 N–H and O–H groups in total. The van der Waals surface area contributed by atoms with E-state index in [1.54, 1.807) is 0 Å². The van der Waals surface area contributed by atoms with Crippen molar-refractivity contribution in [1.29, 1.82) is 0 Å². The zero-order valence-electron chi connectivity index (χ0n) is 6.71. The number of aryl methyl sites for hydroxylation is 1. The van der Waals surface area contributed by atoms with Crippen molar-refractivity contribution in [2.45, 2.75) is 18.6 Å². The average Bonchev–Trinajstić information content (AvgIpc) is 2.78.